The zero-order valence-corrected chi connectivity index (χ0v) is 14.9. The lowest BCUT2D eigenvalue weighted by molar-refractivity contribution is -0.150. The summed E-state index contributed by atoms with van der Waals surface area (Å²) in [5.41, 5.74) is -0.465. The Kier molecular flexibility index (Phi) is 4.81. The van der Waals surface area contributed by atoms with E-state index in [4.69, 9.17) is 4.74 Å². The molecule has 0 radical (unpaired) electrons. The lowest BCUT2D eigenvalue weighted by Gasteiger charge is -2.15. The molecule has 2 aromatic rings. The van der Waals surface area contributed by atoms with Gasteiger partial charge in [0.15, 0.2) is 6.61 Å². The number of amides is 4. The van der Waals surface area contributed by atoms with Crippen molar-refractivity contribution in [3.05, 3.63) is 42.5 Å². The third-order valence-electron chi connectivity index (χ3n) is 4.16. The standard InChI is InChI=1S/C19H19N3O5/c1-19(2)17(25)22(18(26)21-19)10-16(24)27-11-15(23)20-14-9-5-7-12-6-3-4-8-13(12)14/h3-9H,10-11H2,1-2H3,(H,20,23)(H,21,26). The zero-order chi connectivity index (χ0) is 19.6. The van der Waals surface area contributed by atoms with Crippen molar-refractivity contribution in [3.63, 3.8) is 0 Å². The summed E-state index contributed by atoms with van der Waals surface area (Å²) in [6, 6.07) is 12.4. The molecule has 0 bridgehead atoms. The Hall–Kier alpha value is -3.42. The number of hydrogen-bond donors (Lipinski definition) is 2. The molecular weight excluding hydrogens is 350 g/mol. The number of nitrogens with zero attached hydrogens (tertiary/aromatic N) is 1. The van der Waals surface area contributed by atoms with E-state index in [1.54, 1.807) is 6.07 Å². The van der Waals surface area contributed by atoms with Crippen molar-refractivity contribution in [1.29, 1.82) is 0 Å². The van der Waals surface area contributed by atoms with Gasteiger partial charge in [0.1, 0.15) is 12.1 Å². The fourth-order valence-electron chi connectivity index (χ4n) is 2.80. The molecule has 0 saturated carbocycles. The van der Waals surface area contributed by atoms with Crippen LogP contribution in [0.3, 0.4) is 0 Å². The van der Waals surface area contributed by atoms with Crippen LogP contribution in [0.1, 0.15) is 13.8 Å². The molecule has 140 valence electrons. The van der Waals surface area contributed by atoms with Gasteiger partial charge in [-0.3, -0.25) is 19.3 Å². The van der Waals surface area contributed by atoms with Crippen molar-refractivity contribution in [2.75, 3.05) is 18.5 Å². The topological polar surface area (TPSA) is 105 Å². The number of esters is 1. The number of hydrogen-bond acceptors (Lipinski definition) is 5. The van der Waals surface area contributed by atoms with E-state index in [0.29, 0.717) is 5.69 Å². The van der Waals surface area contributed by atoms with Crippen LogP contribution < -0.4 is 10.6 Å². The summed E-state index contributed by atoms with van der Waals surface area (Å²) >= 11 is 0. The van der Waals surface area contributed by atoms with Crippen molar-refractivity contribution in [1.82, 2.24) is 10.2 Å². The van der Waals surface area contributed by atoms with Gasteiger partial charge in [0, 0.05) is 11.1 Å². The van der Waals surface area contributed by atoms with Gasteiger partial charge in [-0.15, -0.1) is 0 Å². The molecule has 0 atom stereocenters. The van der Waals surface area contributed by atoms with Crippen LogP contribution >= 0.6 is 0 Å². The SMILES string of the molecule is CC1(C)NC(=O)N(CC(=O)OCC(=O)Nc2cccc3ccccc23)C1=O. The molecule has 3 rings (SSSR count). The highest BCUT2D eigenvalue weighted by molar-refractivity contribution is 6.08. The second-order valence-electron chi connectivity index (χ2n) is 6.68. The molecule has 0 aromatic heterocycles. The molecule has 0 spiro atoms. The summed E-state index contributed by atoms with van der Waals surface area (Å²) < 4.78 is 4.89. The van der Waals surface area contributed by atoms with E-state index in [1.165, 1.54) is 13.8 Å². The van der Waals surface area contributed by atoms with E-state index in [9.17, 15) is 19.2 Å². The molecule has 1 heterocycles. The fraction of sp³-hybridized carbons (Fsp3) is 0.263. The predicted octanol–water partition coefficient (Wildman–Crippen LogP) is 1.65. The lowest BCUT2D eigenvalue weighted by Crippen LogP contribution is -2.41. The van der Waals surface area contributed by atoms with Gasteiger partial charge in [-0.2, -0.15) is 0 Å². The van der Waals surface area contributed by atoms with Crippen LogP contribution in [-0.2, 0) is 19.1 Å². The van der Waals surface area contributed by atoms with Crippen molar-refractivity contribution in [3.8, 4) is 0 Å². The Morgan fingerprint density at radius 1 is 1.11 bits per heavy atom. The molecule has 8 nitrogen and oxygen atoms in total. The maximum Gasteiger partial charge on any atom is 0.326 e. The smallest absolute Gasteiger partial charge is 0.326 e. The quantitative estimate of drug-likeness (QED) is 0.616. The monoisotopic (exact) mass is 369 g/mol. The van der Waals surface area contributed by atoms with Crippen molar-refractivity contribution in [2.24, 2.45) is 0 Å². The number of fused-ring (bicyclic) bond motifs is 1. The van der Waals surface area contributed by atoms with Crippen LogP contribution in [-0.4, -0.2) is 47.4 Å². The second kappa shape index (κ2) is 7.06. The maximum absolute atomic E-state index is 12.1. The number of anilines is 1. The van der Waals surface area contributed by atoms with Gasteiger partial charge in [0.05, 0.1) is 0 Å². The number of carbonyl (C=O) groups is 4. The largest absolute Gasteiger partial charge is 0.454 e. The minimum Gasteiger partial charge on any atom is -0.454 e. The second-order valence-corrected chi connectivity index (χ2v) is 6.68. The molecule has 1 saturated heterocycles. The third kappa shape index (κ3) is 3.89. The summed E-state index contributed by atoms with van der Waals surface area (Å²) in [5.74, 6) is -1.88. The number of rotatable bonds is 5. The number of nitrogens with one attached hydrogen (secondary N) is 2. The molecule has 0 aliphatic carbocycles. The Labute approximate surface area is 155 Å². The Morgan fingerprint density at radius 2 is 1.81 bits per heavy atom. The molecule has 1 aliphatic heterocycles. The molecule has 1 aliphatic rings. The highest BCUT2D eigenvalue weighted by atomic mass is 16.5. The summed E-state index contributed by atoms with van der Waals surface area (Å²) in [5, 5.41) is 6.98. The minimum atomic E-state index is -1.07. The Morgan fingerprint density at radius 3 is 2.52 bits per heavy atom. The molecule has 4 amide bonds. The van der Waals surface area contributed by atoms with Crippen LogP contribution in [0, 0.1) is 0 Å². The van der Waals surface area contributed by atoms with Crippen LogP contribution in [0.15, 0.2) is 42.5 Å². The van der Waals surface area contributed by atoms with E-state index in [0.717, 1.165) is 15.7 Å². The average molecular weight is 369 g/mol. The molecule has 27 heavy (non-hydrogen) atoms. The molecule has 8 heteroatoms. The number of ether oxygens (including phenoxy) is 1. The van der Waals surface area contributed by atoms with Gasteiger partial charge in [0.25, 0.3) is 11.8 Å². The first-order chi connectivity index (χ1) is 12.8. The van der Waals surface area contributed by atoms with Gasteiger partial charge in [-0.05, 0) is 25.3 Å². The Balaban J connectivity index is 1.55. The molecule has 2 N–H and O–H groups in total. The number of carbonyl (C=O) groups excluding carboxylic acids is 4. The van der Waals surface area contributed by atoms with Crippen LogP contribution in [0.4, 0.5) is 10.5 Å². The van der Waals surface area contributed by atoms with E-state index in [-0.39, 0.29) is 0 Å². The highest BCUT2D eigenvalue weighted by Gasteiger charge is 2.45. The molecule has 1 fully saturated rings. The van der Waals surface area contributed by atoms with Gasteiger partial charge >= 0.3 is 12.0 Å². The van der Waals surface area contributed by atoms with E-state index in [1.807, 2.05) is 36.4 Å². The van der Waals surface area contributed by atoms with E-state index in [2.05, 4.69) is 10.6 Å². The Bertz CT molecular complexity index is 933. The van der Waals surface area contributed by atoms with Crippen LogP contribution in [0.2, 0.25) is 0 Å². The predicted molar refractivity (Wildman–Crippen MR) is 97.9 cm³/mol. The lowest BCUT2D eigenvalue weighted by atomic mass is 10.1. The molecular formula is C19H19N3O5. The molecule has 2 aromatic carbocycles. The third-order valence-corrected chi connectivity index (χ3v) is 4.16. The summed E-state index contributed by atoms with van der Waals surface area (Å²) in [7, 11) is 0. The highest BCUT2D eigenvalue weighted by Crippen LogP contribution is 2.22. The number of urea groups is 1. The fourth-order valence-corrected chi connectivity index (χ4v) is 2.80. The minimum absolute atomic E-state index is 0.516. The van der Waals surface area contributed by atoms with Gasteiger partial charge in [-0.25, -0.2) is 4.79 Å². The van der Waals surface area contributed by atoms with Crippen molar-refractivity contribution >= 4 is 40.3 Å². The van der Waals surface area contributed by atoms with Gasteiger partial charge in [-0.1, -0.05) is 36.4 Å². The number of imide groups is 1. The van der Waals surface area contributed by atoms with Crippen molar-refractivity contribution < 1.29 is 23.9 Å². The first-order valence-corrected chi connectivity index (χ1v) is 8.35. The average Bonchev–Trinajstić information content (AvgIpc) is 2.82. The summed E-state index contributed by atoms with van der Waals surface area (Å²) in [6.45, 7) is 2.01. The first kappa shape index (κ1) is 18.4. The summed E-state index contributed by atoms with van der Waals surface area (Å²) in [6.07, 6.45) is 0. The zero-order valence-electron chi connectivity index (χ0n) is 14.9. The van der Waals surface area contributed by atoms with Gasteiger partial charge < -0.3 is 15.4 Å². The number of benzene rings is 2. The van der Waals surface area contributed by atoms with Gasteiger partial charge in [0.2, 0.25) is 0 Å². The molecule has 0 unspecified atom stereocenters. The first-order valence-electron chi connectivity index (χ1n) is 8.35. The van der Waals surface area contributed by atoms with E-state index < -0.39 is 42.5 Å². The van der Waals surface area contributed by atoms with Crippen molar-refractivity contribution in [2.45, 2.75) is 19.4 Å². The summed E-state index contributed by atoms with van der Waals surface area (Å²) in [4.78, 5) is 48.5. The van der Waals surface area contributed by atoms with E-state index >= 15 is 0 Å². The normalized spacial score (nSPS) is 15.6. The van der Waals surface area contributed by atoms with Crippen LogP contribution in [0.25, 0.3) is 10.8 Å². The van der Waals surface area contributed by atoms with Crippen LogP contribution in [0.5, 0.6) is 0 Å². The maximum atomic E-state index is 12.1.